The zero-order valence-corrected chi connectivity index (χ0v) is 29.2. The summed E-state index contributed by atoms with van der Waals surface area (Å²) in [6, 6.07) is 47.3. The van der Waals surface area contributed by atoms with E-state index in [2.05, 4.69) is 182 Å². The van der Waals surface area contributed by atoms with Gasteiger partial charge in [-0.3, -0.25) is 4.79 Å². The van der Waals surface area contributed by atoms with E-state index in [1.165, 1.54) is 66.2 Å². The molecular formula is C45H36N2OSi. The quantitative estimate of drug-likeness (QED) is 0.175. The minimum absolute atomic E-state index is 0.119. The molecule has 8 aromatic rings. The van der Waals surface area contributed by atoms with Crippen LogP contribution in [0.3, 0.4) is 0 Å². The van der Waals surface area contributed by atoms with Gasteiger partial charge in [-0.1, -0.05) is 122 Å². The van der Waals surface area contributed by atoms with Crippen LogP contribution in [-0.4, -0.2) is 22.7 Å². The lowest BCUT2D eigenvalue weighted by Gasteiger charge is -2.33. The highest BCUT2D eigenvalue weighted by Gasteiger charge is 2.39. The van der Waals surface area contributed by atoms with Crippen molar-refractivity contribution in [3.63, 3.8) is 0 Å². The van der Waals surface area contributed by atoms with Crippen LogP contribution in [0, 0.1) is 13.8 Å². The predicted octanol–water partition coefficient (Wildman–Crippen LogP) is 9.84. The van der Waals surface area contributed by atoms with Crippen molar-refractivity contribution in [1.82, 2.24) is 8.80 Å². The van der Waals surface area contributed by atoms with Crippen molar-refractivity contribution in [1.29, 1.82) is 0 Å². The molecular weight excluding hydrogens is 613 g/mol. The first-order chi connectivity index (χ1) is 23.8. The highest BCUT2D eigenvalue weighted by Crippen LogP contribution is 2.41. The number of pyridine rings is 2. The SMILES string of the molecule is Cc1c(-c2ccccc2)c(-c2ccc3c(c2)[Si](C)(C)c2cc(-c4c(-c5ccccc5)c(C)c5ccccn45)ccc2C3=O)n2ccccc12. The largest absolute Gasteiger partial charge is 0.316 e. The monoisotopic (exact) mass is 648 g/mol. The van der Waals surface area contributed by atoms with Gasteiger partial charge in [0.1, 0.15) is 8.07 Å². The molecule has 0 atom stereocenters. The Morgan fingerprint density at radius 3 is 1.31 bits per heavy atom. The summed E-state index contributed by atoms with van der Waals surface area (Å²) in [7, 11) is -2.36. The van der Waals surface area contributed by atoms with Gasteiger partial charge in [-0.05, 0) is 81.9 Å². The van der Waals surface area contributed by atoms with Crippen molar-refractivity contribution in [2.24, 2.45) is 0 Å². The second kappa shape index (κ2) is 10.9. The van der Waals surface area contributed by atoms with Crippen LogP contribution in [0.1, 0.15) is 27.0 Å². The van der Waals surface area contributed by atoms with Crippen LogP contribution in [0.4, 0.5) is 0 Å². The molecule has 0 saturated carbocycles. The number of carbonyl (C=O) groups is 1. The van der Waals surface area contributed by atoms with E-state index in [0.717, 1.165) is 22.3 Å². The summed E-state index contributed by atoms with van der Waals surface area (Å²) in [5.41, 5.74) is 16.1. The maximum Gasteiger partial charge on any atom is 0.192 e. The van der Waals surface area contributed by atoms with Crippen LogP contribution in [0.25, 0.3) is 55.8 Å². The van der Waals surface area contributed by atoms with Crippen molar-refractivity contribution in [3.8, 4) is 44.8 Å². The number of aromatic nitrogens is 2. The first kappa shape index (κ1) is 29.4. The fraction of sp³-hybridized carbons (Fsp3) is 0.0889. The molecule has 0 saturated heterocycles. The van der Waals surface area contributed by atoms with Gasteiger partial charge in [-0.25, -0.2) is 0 Å². The van der Waals surface area contributed by atoms with Gasteiger partial charge in [0, 0.05) is 45.7 Å². The molecule has 0 bridgehead atoms. The highest BCUT2D eigenvalue weighted by atomic mass is 28.3. The molecule has 1 aliphatic heterocycles. The third-order valence-electron chi connectivity index (χ3n) is 10.7. The van der Waals surface area contributed by atoms with Crippen molar-refractivity contribution >= 4 is 35.3 Å². The molecule has 9 rings (SSSR count). The number of carbonyl (C=O) groups excluding carboxylic acids is 1. The van der Waals surface area contributed by atoms with E-state index >= 15 is 0 Å². The first-order valence-corrected chi connectivity index (χ1v) is 20.0. The lowest BCUT2D eigenvalue weighted by Crippen LogP contribution is -2.59. The highest BCUT2D eigenvalue weighted by molar-refractivity contribution is 7.02. The maximum atomic E-state index is 14.3. The molecule has 4 aromatic carbocycles. The summed E-state index contributed by atoms with van der Waals surface area (Å²) in [4.78, 5) is 14.3. The number of rotatable bonds is 4. The van der Waals surface area contributed by atoms with Crippen LogP contribution in [0.15, 0.2) is 146 Å². The van der Waals surface area contributed by atoms with Crippen LogP contribution >= 0.6 is 0 Å². The van der Waals surface area contributed by atoms with Crippen LogP contribution < -0.4 is 10.4 Å². The normalized spacial score (nSPS) is 13.5. The van der Waals surface area contributed by atoms with Crippen LogP contribution in [0.2, 0.25) is 13.1 Å². The Bertz CT molecular complexity index is 2430. The van der Waals surface area contributed by atoms with E-state index in [9.17, 15) is 4.79 Å². The molecule has 3 nitrogen and oxygen atoms in total. The molecule has 0 amide bonds. The van der Waals surface area contributed by atoms with E-state index in [1.54, 1.807) is 0 Å². The summed E-state index contributed by atoms with van der Waals surface area (Å²) < 4.78 is 4.63. The molecule has 236 valence electrons. The average Bonchev–Trinajstić information content (AvgIpc) is 3.62. The number of hydrogen-bond donors (Lipinski definition) is 0. The molecule has 0 aliphatic carbocycles. The molecule has 0 N–H and O–H groups in total. The molecule has 5 heterocycles. The number of nitrogens with zero attached hydrogens (tertiary/aromatic N) is 2. The summed E-state index contributed by atoms with van der Waals surface area (Å²) >= 11 is 0. The third kappa shape index (κ3) is 4.30. The summed E-state index contributed by atoms with van der Waals surface area (Å²) in [5, 5.41) is 2.39. The van der Waals surface area contributed by atoms with Crippen molar-refractivity contribution in [2.45, 2.75) is 26.9 Å². The number of aryl methyl sites for hydroxylation is 2. The van der Waals surface area contributed by atoms with Crippen LogP contribution in [-0.2, 0) is 0 Å². The molecule has 4 heteroatoms. The number of benzene rings is 4. The van der Waals surface area contributed by atoms with Crippen molar-refractivity contribution in [2.75, 3.05) is 0 Å². The average molecular weight is 649 g/mol. The number of fused-ring (bicyclic) bond motifs is 4. The summed E-state index contributed by atoms with van der Waals surface area (Å²) in [6.07, 6.45) is 4.32. The van der Waals surface area contributed by atoms with E-state index in [-0.39, 0.29) is 5.78 Å². The lowest BCUT2D eigenvalue weighted by atomic mass is 9.94. The van der Waals surface area contributed by atoms with Crippen molar-refractivity contribution < 1.29 is 4.79 Å². The summed E-state index contributed by atoms with van der Waals surface area (Å²) in [5.74, 6) is 0.119. The standard InChI is InChI=1S/C45H36N2OSi/c1-29-37-19-11-13-25-46(37)43(41(29)31-15-7-5-8-16-31)33-21-23-35-39(27-33)49(3,4)40-28-34(22-24-36(40)45(35)48)44-42(32-17-9-6-10-18-32)30(2)38-20-12-14-26-47(38)44/h5-28H,1-4H3. The minimum atomic E-state index is -2.36. The second-order valence-electron chi connectivity index (χ2n) is 13.8. The Morgan fingerprint density at radius 2 is 0.878 bits per heavy atom. The Balaban J connectivity index is 1.25. The topological polar surface area (TPSA) is 25.9 Å². The predicted molar refractivity (Wildman–Crippen MR) is 206 cm³/mol. The minimum Gasteiger partial charge on any atom is -0.316 e. The van der Waals surface area contributed by atoms with E-state index in [1.807, 2.05) is 0 Å². The van der Waals surface area contributed by atoms with E-state index in [4.69, 9.17) is 0 Å². The number of ketones is 1. The Kier molecular flexibility index (Phi) is 6.55. The van der Waals surface area contributed by atoms with Gasteiger partial charge in [0.2, 0.25) is 0 Å². The molecule has 0 radical (unpaired) electrons. The van der Waals surface area contributed by atoms with Crippen molar-refractivity contribution in [3.05, 3.63) is 168 Å². The Morgan fingerprint density at radius 1 is 0.469 bits per heavy atom. The second-order valence-corrected chi connectivity index (χ2v) is 18.1. The smallest absolute Gasteiger partial charge is 0.192 e. The zero-order valence-electron chi connectivity index (χ0n) is 28.2. The van der Waals surface area contributed by atoms with Gasteiger partial charge >= 0.3 is 0 Å². The van der Waals surface area contributed by atoms with E-state index < -0.39 is 8.07 Å². The Hall–Kier alpha value is -5.71. The van der Waals surface area contributed by atoms with Gasteiger partial charge in [0.05, 0.1) is 11.4 Å². The van der Waals surface area contributed by atoms with Crippen LogP contribution in [0.5, 0.6) is 0 Å². The fourth-order valence-corrected chi connectivity index (χ4v) is 11.4. The molecule has 49 heavy (non-hydrogen) atoms. The van der Waals surface area contributed by atoms with Gasteiger partial charge < -0.3 is 8.80 Å². The third-order valence-corrected chi connectivity index (χ3v) is 14.3. The van der Waals surface area contributed by atoms with Gasteiger partial charge in [-0.15, -0.1) is 0 Å². The number of hydrogen-bond acceptors (Lipinski definition) is 1. The molecule has 4 aromatic heterocycles. The summed E-state index contributed by atoms with van der Waals surface area (Å²) in [6.45, 7) is 9.25. The molecule has 0 spiro atoms. The zero-order chi connectivity index (χ0) is 33.4. The molecule has 1 aliphatic rings. The molecule has 0 fully saturated rings. The maximum absolute atomic E-state index is 14.3. The first-order valence-electron chi connectivity index (χ1n) is 17.0. The lowest BCUT2D eigenvalue weighted by molar-refractivity contribution is 0.104. The van der Waals surface area contributed by atoms with E-state index in [0.29, 0.717) is 0 Å². The van der Waals surface area contributed by atoms with Gasteiger partial charge in [0.25, 0.3) is 0 Å². The van der Waals surface area contributed by atoms with Gasteiger partial charge in [0.15, 0.2) is 5.78 Å². The fourth-order valence-electron chi connectivity index (χ4n) is 8.33. The molecule has 0 unspecified atom stereocenters. The Labute approximate surface area is 287 Å². The van der Waals surface area contributed by atoms with Gasteiger partial charge in [-0.2, -0.15) is 0 Å².